The molecule has 27 heavy (non-hydrogen) atoms. The third kappa shape index (κ3) is 2.42. The molecule has 0 saturated heterocycles. The van der Waals surface area contributed by atoms with E-state index >= 15 is 0 Å². The molecule has 0 spiro atoms. The van der Waals surface area contributed by atoms with E-state index < -0.39 is 22.7 Å². The normalized spacial score (nSPS) is 53.1. The highest BCUT2D eigenvalue weighted by Crippen LogP contribution is 2.69. The number of aliphatic hydroxyl groups excluding tert-OH is 2. The van der Waals surface area contributed by atoms with Crippen molar-refractivity contribution in [3.8, 4) is 0 Å². The molecule has 154 valence electrons. The Labute approximate surface area is 162 Å². The van der Waals surface area contributed by atoms with Crippen LogP contribution in [-0.2, 0) is 4.74 Å². The van der Waals surface area contributed by atoms with Gasteiger partial charge in [-0.3, -0.25) is 0 Å². The van der Waals surface area contributed by atoms with E-state index in [1.807, 2.05) is 6.92 Å². The minimum atomic E-state index is -1.32. The summed E-state index contributed by atoms with van der Waals surface area (Å²) in [6.07, 6.45) is 6.93. The maximum absolute atomic E-state index is 12.0. The molecular formula is C22H36O5. The van der Waals surface area contributed by atoms with Gasteiger partial charge >= 0.3 is 0 Å². The fourth-order valence-electron chi connectivity index (χ4n) is 7.49. The van der Waals surface area contributed by atoms with Gasteiger partial charge < -0.3 is 25.2 Å². The molecule has 5 heteroatoms. The lowest BCUT2D eigenvalue weighted by molar-refractivity contribution is -0.241. The first-order valence-corrected chi connectivity index (χ1v) is 10.6. The van der Waals surface area contributed by atoms with Crippen molar-refractivity contribution in [3.63, 3.8) is 0 Å². The van der Waals surface area contributed by atoms with Crippen molar-refractivity contribution in [3.05, 3.63) is 11.6 Å². The van der Waals surface area contributed by atoms with Gasteiger partial charge in [0.25, 0.3) is 0 Å². The Morgan fingerprint density at radius 2 is 1.85 bits per heavy atom. The minimum Gasteiger partial charge on any atom is -0.393 e. The quantitative estimate of drug-likeness (QED) is 0.564. The Hall–Kier alpha value is -0.460. The van der Waals surface area contributed by atoms with Gasteiger partial charge in [0.15, 0.2) is 0 Å². The second kappa shape index (κ2) is 6.27. The largest absolute Gasteiger partial charge is 0.393 e. The Bertz CT molecular complexity index is 634. The zero-order chi connectivity index (χ0) is 19.7. The van der Waals surface area contributed by atoms with Gasteiger partial charge in [-0.15, -0.1) is 0 Å². The number of allylic oxidation sites excluding steroid dienone is 1. The molecule has 0 bridgehead atoms. The topological polar surface area (TPSA) is 90.2 Å². The molecule has 3 saturated carbocycles. The first kappa shape index (κ1) is 19.8. The van der Waals surface area contributed by atoms with Crippen molar-refractivity contribution in [1.82, 2.24) is 0 Å². The van der Waals surface area contributed by atoms with Crippen LogP contribution in [0.1, 0.15) is 65.2 Å². The van der Waals surface area contributed by atoms with Crippen molar-refractivity contribution in [2.45, 2.75) is 88.6 Å². The molecule has 4 aliphatic carbocycles. The molecule has 0 aromatic rings. The Morgan fingerprint density at radius 3 is 2.56 bits per heavy atom. The van der Waals surface area contributed by atoms with Gasteiger partial charge in [0.05, 0.1) is 18.3 Å². The zero-order valence-corrected chi connectivity index (χ0v) is 16.9. The van der Waals surface area contributed by atoms with E-state index in [1.54, 1.807) is 0 Å². The van der Waals surface area contributed by atoms with E-state index in [4.69, 9.17) is 4.74 Å². The SMILES string of the molecule is COC[C@@H](O)[C@]1(O)CC[C@]2(O)[C@@H]3CC=C4C[C@@H](O)CC[C@]4(C)[C@@H]3CC[C@]12C. The van der Waals surface area contributed by atoms with Gasteiger partial charge in [0, 0.05) is 12.5 Å². The van der Waals surface area contributed by atoms with Gasteiger partial charge in [-0.05, 0) is 68.6 Å². The molecule has 0 heterocycles. The minimum absolute atomic E-state index is 0.0328. The van der Waals surface area contributed by atoms with E-state index in [9.17, 15) is 20.4 Å². The van der Waals surface area contributed by atoms with Gasteiger partial charge in [-0.1, -0.05) is 25.5 Å². The van der Waals surface area contributed by atoms with Crippen LogP contribution in [0.3, 0.4) is 0 Å². The number of hydrogen-bond donors (Lipinski definition) is 4. The molecule has 3 fully saturated rings. The number of fused-ring (bicyclic) bond motifs is 5. The van der Waals surface area contributed by atoms with E-state index in [2.05, 4.69) is 13.0 Å². The second-order valence-electron chi connectivity index (χ2n) is 10.2. The lowest BCUT2D eigenvalue weighted by atomic mass is 9.45. The van der Waals surface area contributed by atoms with Crippen LogP contribution in [0.4, 0.5) is 0 Å². The van der Waals surface area contributed by atoms with Crippen molar-refractivity contribution in [2.24, 2.45) is 22.7 Å². The number of hydrogen-bond acceptors (Lipinski definition) is 5. The molecule has 5 nitrogen and oxygen atoms in total. The Kier molecular flexibility index (Phi) is 4.60. The smallest absolute Gasteiger partial charge is 0.107 e. The highest BCUT2D eigenvalue weighted by atomic mass is 16.5. The van der Waals surface area contributed by atoms with Crippen LogP contribution < -0.4 is 0 Å². The maximum Gasteiger partial charge on any atom is 0.107 e. The summed E-state index contributed by atoms with van der Waals surface area (Å²) < 4.78 is 5.12. The highest BCUT2D eigenvalue weighted by molar-refractivity contribution is 5.30. The predicted octanol–water partition coefficient (Wildman–Crippen LogP) is 2.16. The molecule has 4 rings (SSSR count). The lowest BCUT2D eigenvalue weighted by Gasteiger charge is -2.62. The van der Waals surface area contributed by atoms with Gasteiger partial charge in [-0.25, -0.2) is 0 Å². The first-order valence-electron chi connectivity index (χ1n) is 10.6. The van der Waals surface area contributed by atoms with E-state index in [0.717, 1.165) is 32.1 Å². The summed E-state index contributed by atoms with van der Waals surface area (Å²) in [6, 6.07) is 0. The van der Waals surface area contributed by atoms with Crippen LogP contribution >= 0.6 is 0 Å². The third-order valence-electron chi connectivity index (χ3n) is 9.35. The van der Waals surface area contributed by atoms with E-state index in [-0.39, 0.29) is 24.0 Å². The summed E-state index contributed by atoms with van der Waals surface area (Å²) in [6.45, 7) is 4.37. The fourth-order valence-corrected chi connectivity index (χ4v) is 7.49. The van der Waals surface area contributed by atoms with Crippen LogP contribution in [-0.4, -0.2) is 57.6 Å². The highest BCUT2D eigenvalue weighted by Gasteiger charge is 2.72. The second-order valence-corrected chi connectivity index (χ2v) is 10.2. The molecule has 0 amide bonds. The lowest BCUT2D eigenvalue weighted by Crippen LogP contribution is -2.66. The Morgan fingerprint density at radius 1 is 1.11 bits per heavy atom. The van der Waals surface area contributed by atoms with Crippen LogP contribution in [0.2, 0.25) is 0 Å². The fraction of sp³-hybridized carbons (Fsp3) is 0.909. The third-order valence-corrected chi connectivity index (χ3v) is 9.35. The molecule has 4 N–H and O–H groups in total. The molecule has 4 aliphatic rings. The van der Waals surface area contributed by atoms with Gasteiger partial charge in [0.1, 0.15) is 11.7 Å². The summed E-state index contributed by atoms with van der Waals surface area (Å²) in [5.41, 5.74) is -1.65. The molecule has 0 aliphatic heterocycles. The van der Waals surface area contributed by atoms with Gasteiger partial charge in [0.2, 0.25) is 0 Å². The van der Waals surface area contributed by atoms with Crippen LogP contribution in [0.25, 0.3) is 0 Å². The molecule has 0 aromatic heterocycles. The number of rotatable bonds is 3. The zero-order valence-electron chi connectivity index (χ0n) is 16.9. The van der Waals surface area contributed by atoms with E-state index in [1.165, 1.54) is 12.7 Å². The monoisotopic (exact) mass is 380 g/mol. The standard InChI is InChI=1S/C22H36O5/c1-19-8-6-15(23)12-14(19)4-5-17-16(19)7-9-20(2)21(17,25)10-11-22(20,26)18(24)13-27-3/h4,15-18,23-26H,5-13H2,1-3H3/t15-,16+,17+,18+,19-,20-,21-,22+/m0/s1. The molecule has 0 radical (unpaired) electrons. The molecule has 0 aromatic carbocycles. The summed E-state index contributed by atoms with van der Waals surface area (Å²) in [5.74, 6) is 0.453. The number of methoxy groups -OCH3 is 1. The van der Waals surface area contributed by atoms with Crippen LogP contribution in [0.15, 0.2) is 11.6 Å². The Balaban J connectivity index is 1.70. The van der Waals surface area contributed by atoms with Crippen LogP contribution in [0, 0.1) is 22.7 Å². The van der Waals surface area contributed by atoms with Crippen molar-refractivity contribution >= 4 is 0 Å². The van der Waals surface area contributed by atoms with Gasteiger partial charge in [-0.2, -0.15) is 0 Å². The van der Waals surface area contributed by atoms with E-state index in [0.29, 0.717) is 25.2 Å². The molecule has 8 atom stereocenters. The van der Waals surface area contributed by atoms with Crippen molar-refractivity contribution in [1.29, 1.82) is 0 Å². The molecular weight excluding hydrogens is 344 g/mol. The number of aliphatic hydroxyl groups is 4. The van der Waals surface area contributed by atoms with Crippen molar-refractivity contribution < 1.29 is 25.2 Å². The summed E-state index contributed by atoms with van der Waals surface area (Å²) >= 11 is 0. The first-order chi connectivity index (χ1) is 12.6. The average molecular weight is 381 g/mol. The predicted molar refractivity (Wildman–Crippen MR) is 102 cm³/mol. The summed E-state index contributed by atoms with van der Waals surface area (Å²) in [5, 5.41) is 44.3. The average Bonchev–Trinajstić information content (AvgIpc) is 2.85. The summed E-state index contributed by atoms with van der Waals surface area (Å²) in [4.78, 5) is 0. The number of ether oxygens (including phenoxy) is 1. The van der Waals surface area contributed by atoms with Crippen LogP contribution in [0.5, 0.6) is 0 Å². The maximum atomic E-state index is 12.0. The molecule has 0 unspecified atom stereocenters. The van der Waals surface area contributed by atoms with Crippen molar-refractivity contribution in [2.75, 3.05) is 13.7 Å². The summed E-state index contributed by atoms with van der Waals surface area (Å²) in [7, 11) is 1.53.